The highest BCUT2D eigenvalue weighted by Crippen LogP contribution is 2.20. The Balaban J connectivity index is 1.67. The summed E-state index contributed by atoms with van der Waals surface area (Å²) in [5, 5.41) is 2.78. The van der Waals surface area contributed by atoms with Crippen molar-refractivity contribution < 1.29 is 17.9 Å². The van der Waals surface area contributed by atoms with Gasteiger partial charge in [0.25, 0.3) is 15.9 Å². The SMILES string of the molecule is CCC(Oc1cccc(C)c1)C(=O)Nc1ccc(S(=O)(=O)Nc2cccc(C)c2)cc1. The van der Waals surface area contributed by atoms with E-state index in [2.05, 4.69) is 10.0 Å². The Morgan fingerprint density at radius 3 is 2.16 bits per heavy atom. The van der Waals surface area contributed by atoms with Crippen LogP contribution < -0.4 is 14.8 Å². The second-order valence-corrected chi connectivity index (χ2v) is 9.00. The van der Waals surface area contributed by atoms with Crippen LogP contribution in [0.2, 0.25) is 0 Å². The van der Waals surface area contributed by atoms with Crippen molar-refractivity contribution in [3.63, 3.8) is 0 Å². The molecule has 31 heavy (non-hydrogen) atoms. The molecule has 0 aliphatic rings. The molecule has 6 nitrogen and oxygen atoms in total. The zero-order chi connectivity index (χ0) is 22.4. The summed E-state index contributed by atoms with van der Waals surface area (Å²) in [6.07, 6.45) is -0.166. The van der Waals surface area contributed by atoms with E-state index >= 15 is 0 Å². The van der Waals surface area contributed by atoms with Gasteiger partial charge in [-0.05, 0) is 79.9 Å². The molecule has 0 saturated carbocycles. The van der Waals surface area contributed by atoms with E-state index in [1.165, 1.54) is 12.1 Å². The fourth-order valence-corrected chi connectivity index (χ4v) is 4.09. The number of nitrogens with one attached hydrogen (secondary N) is 2. The first-order valence-electron chi connectivity index (χ1n) is 10.0. The van der Waals surface area contributed by atoms with Gasteiger partial charge in [-0.25, -0.2) is 8.42 Å². The molecule has 3 aromatic rings. The number of rotatable bonds is 8. The average molecular weight is 439 g/mol. The predicted octanol–water partition coefficient (Wildman–Crippen LogP) is 4.90. The third-order valence-electron chi connectivity index (χ3n) is 4.63. The lowest BCUT2D eigenvalue weighted by molar-refractivity contribution is -0.122. The maximum Gasteiger partial charge on any atom is 0.265 e. The number of amides is 1. The van der Waals surface area contributed by atoms with Crippen LogP contribution in [0.4, 0.5) is 11.4 Å². The van der Waals surface area contributed by atoms with Crippen molar-refractivity contribution in [2.45, 2.75) is 38.2 Å². The van der Waals surface area contributed by atoms with Crippen LogP contribution in [-0.2, 0) is 14.8 Å². The first-order chi connectivity index (χ1) is 14.8. The van der Waals surface area contributed by atoms with Crippen LogP contribution in [0, 0.1) is 13.8 Å². The van der Waals surface area contributed by atoms with Gasteiger partial charge >= 0.3 is 0 Å². The molecule has 0 heterocycles. The molecule has 2 N–H and O–H groups in total. The minimum Gasteiger partial charge on any atom is -0.481 e. The van der Waals surface area contributed by atoms with Crippen LogP contribution >= 0.6 is 0 Å². The molecule has 0 saturated heterocycles. The van der Waals surface area contributed by atoms with Crippen molar-refractivity contribution in [3.05, 3.63) is 83.9 Å². The molecule has 0 aliphatic heterocycles. The molecule has 1 atom stereocenters. The fourth-order valence-electron chi connectivity index (χ4n) is 3.04. The van der Waals surface area contributed by atoms with Gasteiger partial charge in [0, 0.05) is 11.4 Å². The lowest BCUT2D eigenvalue weighted by Gasteiger charge is -2.18. The number of carbonyl (C=O) groups excluding carboxylic acids is 1. The molecule has 162 valence electrons. The van der Waals surface area contributed by atoms with Gasteiger partial charge in [0.05, 0.1) is 4.90 Å². The Morgan fingerprint density at radius 1 is 0.903 bits per heavy atom. The molecule has 0 bridgehead atoms. The number of sulfonamides is 1. The minimum atomic E-state index is -3.73. The number of hydrogen-bond acceptors (Lipinski definition) is 4. The van der Waals surface area contributed by atoms with Gasteiger partial charge in [-0.1, -0.05) is 31.2 Å². The van der Waals surface area contributed by atoms with Crippen LogP contribution in [0.3, 0.4) is 0 Å². The number of hydrogen-bond donors (Lipinski definition) is 2. The predicted molar refractivity (Wildman–Crippen MR) is 123 cm³/mol. The largest absolute Gasteiger partial charge is 0.481 e. The van der Waals surface area contributed by atoms with E-state index < -0.39 is 16.1 Å². The highest BCUT2D eigenvalue weighted by atomic mass is 32.2. The van der Waals surface area contributed by atoms with Gasteiger partial charge in [-0.2, -0.15) is 0 Å². The van der Waals surface area contributed by atoms with Gasteiger partial charge in [0.2, 0.25) is 0 Å². The summed E-state index contributed by atoms with van der Waals surface area (Å²) < 4.78 is 33.6. The van der Waals surface area contributed by atoms with E-state index in [0.29, 0.717) is 23.5 Å². The summed E-state index contributed by atoms with van der Waals surface area (Å²) in [4.78, 5) is 12.7. The Morgan fingerprint density at radius 2 is 1.55 bits per heavy atom. The Bertz CT molecular complexity index is 1160. The maximum atomic E-state index is 12.6. The van der Waals surface area contributed by atoms with Crippen LogP contribution in [0.1, 0.15) is 24.5 Å². The summed E-state index contributed by atoms with van der Waals surface area (Å²) in [5.74, 6) is 0.336. The van der Waals surface area contributed by atoms with Gasteiger partial charge in [-0.3, -0.25) is 9.52 Å². The quantitative estimate of drug-likeness (QED) is 0.524. The topological polar surface area (TPSA) is 84.5 Å². The minimum absolute atomic E-state index is 0.107. The molecular formula is C24H26N2O4S. The maximum absolute atomic E-state index is 12.6. The number of ether oxygens (including phenoxy) is 1. The van der Waals surface area contributed by atoms with E-state index in [1.807, 2.05) is 51.1 Å². The van der Waals surface area contributed by atoms with E-state index in [9.17, 15) is 13.2 Å². The molecule has 3 aromatic carbocycles. The standard InChI is InChI=1S/C24H26N2O4S/c1-4-23(30-21-10-6-8-18(3)16-21)24(27)25-19-11-13-22(14-12-19)31(28,29)26-20-9-5-7-17(2)15-20/h5-16,23,26H,4H2,1-3H3,(H,25,27). The smallest absolute Gasteiger partial charge is 0.265 e. The van der Waals surface area contributed by atoms with Crippen molar-refractivity contribution in [1.29, 1.82) is 0 Å². The zero-order valence-electron chi connectivity index (χ0n) is 17.8. The molecule has 3 rings (SSSR count). The number of carbonyl (C=O) groups is 1. The molecular weight excluding hydrogens is 412 g/mol. The summed E-state index contributed by atoms with van der Waals surface area (Å²) in [7, 11) is -3.73. The average Bonchev–Trinajstić information content (AvgIpc) is 2.72. The number of anilines is 2. The molecule has 0 fully saturated rings. The first kappa shape index (κ1) is 22.4. The van der Waals surface area contributed by atoms with E-state index in [4.69, 9.17) is 4.74 Å². The normalized spacial score (nSPS) is 12.1. The third-order valence-corrected chi connectivity index (χ3v) is 6.03. The lowest BCUT2D eigenvalue weighted by atomic mass is 10.2. The van der Waals surface area contributed by atoms with E-state index in [0.717, 1.165) is 11.1 Å². The van der Waals surface area contributed by atoms with Crippen molar-refractivity contribution in [3.8, 4) is 5.75 Å². The van der Waals surface area contributed by atoms with Crippen LogP contribution in [0.15, 0.2) is 77.7 Å². The van der Waals surface area contributed by atoms with Crippen molar-refractivity contribution in [2.24, 2.45) is 0 Å². The monoisotopic (exact) mass is 438 g/mol. The second kappa shape index (κ2) is 9.66. The van der Waals surface area contributed by atoms with Gasteiger partial charge < -0.3 is 10.1 Å². The van der Waals surface area contributed by atoms with Crippen molar-refractivity contribution in [2.75, 3.05) is 10.0 Å². The zero-order valence-corrected chi connectivity index (χ0v) is 18.6. The second-order valence-electron chi connectivity index (χ2n) is 7.32. The van der Waals surface area contributed by atoms with Crippen LogP contribution in [-0.4, -0.2) is 20.4 Å². The highest BCUT2D eigenvalue weighted by molar-refractivity contribution is 7.92. The molecule has 1 unspecified atom stereocenters. The fraction of sp³-hybridized carbons (Fsp3) is 0.208. The summed E-state index contributed by atoms with van der Waals surface area (Å²) >= 11 is 0. The Kier molecular flexibility index (Phi) is 6.97. The van der Waals surface area contributed by atoms with Crippen LogP contribution in [0.5, 0.6) is 5.75 Å². The summed E-state index contributed by atoms with van der Waals surface area (Å²) in [6.45, 7) is 5.71. The highest BCUT2D eigenvalue weighted by Gasteiger charge is 2.19. The molecule has 1 amide bonds. The van der Waals surface area contributed by atoms with Crippen molar-refractivity contribution >= 4 is 27.3 Å². The molecule has 0 aliphatic carbocycles. The third kappa shape index (κ3) is 6.08. The number of benzene rings is 3. The lowest BCUT2D eigenvalue weighted by Crippen LogP contribution is -2.32. The Labute approximate surface area is 183 Å². The van der Waals surface area contributed by atoms with Crippen LogP contribution in [0.25, 0.3) is 0 Å². The van der Waals surface area contributed by atoms with Gasteiger partial charge in [0.15, 0.2) is 6.10 Å². The molecule has 0 radical (unpaired) electrons. The van der Waals surface area contributed by atoms with Crippen molar-refractivity contribution in [1.82, 2.24) is 0 Å². The summed E-state index contributed by atoms with van der Waals surface area (Å²) in [5.41, 5.74) is 2.99. The van der Waals surface area contributed by atoms with Gasteiger partial charge in [0.1, 0.15) is 5.75 Å². The summed E-state index contributed by atoms with van der Waals surface area (Å²) in [6, 6.07) is 20.7. The molecule has 0 spiro atoms. The molecule has 0 aromatic heterocycles. The van der Waals surface area contributed by atoms with Gasteiger partial charge in [-0.15, -0.1) is 0 Å². The van der Waals surface area contributed by atoms with E-state index in [1.54, 1.807) is 30.3 Å². The van der Waals surface area contributed by atoms with E-state index in [-0.39, 0.29) is 10.8 Å². The molecule has 7 heteroatoms. The number of aryl methyl sites for hydroxylation is 2. The first-order valence-corrected chi connectivity index (χ1v) is 11.5. The Hall–Kier alpha value is -3.32.